The summed E-state index contributed by atoms with van der Waals surface area (Å²) in [4.78, 5) is 17.6. The second-order valence-electron chi connectivity index (χ2n) is 9.12. The summed E-state index contributed by atoms with van der Waals surface area (Å²) in [5.74, 6) is 0.907. The van der Waals surface area contributed by atoms with E-state index in [0.717, 1.165) is 32.1 Å². The lowest BCUT2D eigenvalue weighted by molar-refractivity contribution is -0.150. The van der Waals surface area contributed by atoms with Crippen LogP contribution in [0, 0.1) is 17.3 Å². The van der Waals surface area contributed by atoms with E-state index in [2.05, 4.69) is 20.1 Å². The van der Waals surface area contributed by atoms with Crippen molar-refractivity contribution in [1.29, 1.82) is 0 Å². The Kier molecular flexibility index (Phi) is 4.84. The molecule has 0 spiro atoms. The molecule has 7 nitrogen and oxygen atoms in total. The van der Waals surface area contributed by atoms with Crippen molar-refractivity contribution in [2.24, 2.45) is 17.3 Å². The summed E-state index contributed by atoms with van der Waals surface area (Å²) >= 11 is 5.99. The third-order valence-corrected chi connectivity index (χ3v) is 7.27. The van der Waals surface area contributed by atoms with Crippen LogP contribution in [-0.2, 0) is 10.3 Å². The minimum atomic E-state index is -2.96. The number of benzene rings is 1. The van der Waals surface area contributed by atoms with Gasteiger partial charge in [-0.25, -0.2) is 9.67 Å². The van der Waals surface area contributed by atoms with Gasteiger partial charge in [0.05, 0.1) is 18.1 Å². The second-order valence-corrected chi connectivity index (χ2v) is 9.46. The van der Waals surface area contributed by atoms with E-state index in [-0.39, 0.29) is 28.2 Å². The van der Waals surface area contributed by atoms with Crippen molar-refractivity contribution in [2.75, 3.05) is 12.4 Å². The molecule has 2 atom stereocenters. The molecule has 1 heterocycles. The van der Waals surface area contributed by atoms with Gasteiger partial charge in [0.1, 0.15) is 6.33 Å². The molecule has 4 saturated carbocycles. The molecule has 4 aliphatic rings. The van der Waals surface area contributed by atoms with Crippen LogP contribution in [-0.4, -0.2) is 34.4 Å². The van der Waals surface area contributed by atoms with Gasteiger partial charge in [0.25, 0.3) is 0 Å². The lowest BCUT2D eigenvalue weighted by atomic mass is 9.46. The van der Waals surface area contributed by atoms with Crippen LogP contribution < -0.4 is 14.8 Å². The first-order valence-electron chi connectivity index (χ1n) is 10.3. The SMILES string of the molecule is COc1cc(NC(=O)C23CC4CC(C2)CC(n2cnc(Cl)n2)(C4)C3)ccc1OC(F)F. The number of nitrogens with zero attached hydrogens (tertiary/aromatic N) is 3. The smallest absolute Gasteiger partial charge is 0.387 e. The summed E-state index contributed by atoms with van der Waals surface area (Å²) in [7, 11) is 1.37. The van der Waals surface area contributed by atoms with Crippen LogP contribution in [0.5, 0.6) is 11.5 Å². The summed E-state index contributed by atoms with van der Waals surface area (Å²) in [6.45, 7) is -2.96. The number of rotatable bonds is 6. The molecule has 1 amide bonds. The molecular weight excluding hydrogens is 430 g/mol. The highest BCUT2D eigenvalue weighted by atomic mass is 35.5. The van der Waals surface area contributed by atoms with Gasteiger partial charge in [-0.2, -0.15) is 8.78 Å². The number of amides is 1. The molecule has 4 fully saturated rings. The van der Waals surface area contributed by atoms with E-state index < -0.39 is 12.0 Å². The molecule has 2 unspecified atom stereocenters. The summed E-state index contributed by atoms with van der Waals surface area (Å²) in [6.07, 6.45) is 7.12. The summed E-state index contributed by atoms with van der Waals surface area (Å²) < 4.78 is 36.6. The van der Waals surface area contributed by atoms with Crippen LogP contribution >= 0.6 is 11.6 Å². The highest BCUT2D eigenvalue weighted by Gasteiger charge is 2.61. The van der Waals surface area contributed by atoms with Gasteiger partial charge in [-0.1, -0.05) is 0 Å². The van der Waals surface area contributed by atoms with E-state index in [4.69, 9.17) is 16.3 Å². The normalized spacial score (nSPS) is 31.1. The van der Waals surface area contributed by atoms with Crippen LogP contribution in [0.15, 0.2) is 24.5 Å². The molecule has 0 aliphatic heterocycles. The number of alkyl halides is 2. The molecule has 10 heteroatoms. The molecule has 0 saturated heterocycles. The Labute approximate surface area is 183 Å². The Morgan fingerprint density at radius 2 is 2.00 bits per heavy atom. The summed E-state index contributed by atoms with van der Waals surface area (Å²) in [6, 6.07) is 4.42. The number of methoxy groups -OCH3 is 1. The Bertz CT molecular complexity index is 1000. The lowest BCUT2D eigenvalue weighted by Gasteiger charge is -2.60. The maximum absolute atomic E-state index is 13.5. The van der Waals surface area contributed by atoms with Crippen molar-refractivity contribution < 1.29 is 23.0 Å². The van der Waals surface area contributed by atoms with Crippen LogP contribution in [0.2, 0.25) is 5.28 Å². The van der Waals surface area contributed by atoms with Gasteiger partial charge >= 0.3 is 6.61 Å². The molecular formula is C21H23ClF2N4O3. The van der Waals surface area contributed by atoms with E-state index in [9.17, 15) is 13.6 Å². The van der Waals surface area contributed by atoms with Crippen LogP contribution in [0.3, 0.4) is 0 Å². The number of aromatic nitrogens is 3. The van der Waals surface area contributed by atoms with Gasteiger partial charge in [-0.3, -0.25) is 4.79 Å². The third-order valence-electron chi connectivity index (χ3n) is 7.10. The first-order valence-corrected chi connectivity index (χ1v) is 10.7. The zero-order chi connectivity index (χ0) is 21.8. The number of carbonyl (C=O) groups excluding carboxylic acids is 1. The first kappa shape index (κ1) is 20.5. The monoisotopic (exact) mass is 452 g/mol. The van der Waals surface area contributed by atoms with Crippen molar-refractivity contribution in [2.45, 2.75) is 50.7 Å². The van der Waals surface area contributed by atoms with E-state index >= 15 is 0 Å². The molecule has 1 aromatic heterocycles. The second kappa shape index (κ2) is 7.32. The minimum absolute atomic E-state index is 0.0539. The van der Waals surface area contributed by atoms with E-state index in [1.807, 2.05) is 4.68 Å². The number of nitrogens with one attached hydrogen (secondary N) is 1. The van der Waals surface area contributed by atoms with E-state index in [1.54, 1.807) is 12.4 Å². The first-order chi connectivity index (χ1) is 14.8. The van der Waals surface area contributed by atoms with Gasteiger partial charge < -0.3 is 14.8 Å². The zero-order valence-electron chi connectivity index (χ0n) is 17.0. The minimum Gasteiger partial charge on any atom is -0.493 e. The zero-order valence-corrected chi connectivity index (χ0v) is 17.7. The average molecular weight is 453 g/mol. The maximum Gasteiger partial charge on any atom is 0.387 e. The topological polar surface area (TPSA) is 78.3 Å². The van der Waals surface area contributed by atoms with Gasteiger partial charge in [0.15, 0.2) is 11.5 Å². The number of carbonyl (C=O) groups is 1. The van der Waals surface area contributed by atoms with Gasteiger partial charge in [0, 0.05) is 11.8 Å². The summed E-state index contributed by atoms with van der Waals surface area (Å²) in [5.41, 5.74) is -0.265. The van der Waals surface area contributed by atoms with Crippen molar-refractivity contribution in [1.82, 2.24) is 14.8 Å². The fourth-order valence-electron chi connectivity index (χ4n) is 6.42. The Hall–Kier alpha value is -2.42. The predicted molar refractivity (Wildman–Crippen MR) is 108 cm³/mol. The molecule has 2 aromatic rings. The average Bonchev–Trinajstić information content (AvgIpc) is 3.15. The molecule has 1 N–H and O–H groups in total. The molecule has 1 aromatic carbocycles. The number of halogens is 3. The maximum atomic E-state index is 13.5. The summed E-state index contributed by atoms with van der Waals surface area (Å²) in [5, 5.41) is 7.59. The molecule has 4 bridgehead atoms. The number of anilines is 1. The molecule has 166 valence electrons. The third kappa shape index (κ3) is 3.52. The van der Waals surface area contributed by atoms with E-state index in [0.29, 0.717) is 23.9 Å². The Morgan fingerprint density at radius 1 is 1.26 bits per heavy atom. The van der Waals surface area contributed by atoms with E-state index in [1.165, 1.54) is 19.2 Å². The Morgan fingerprint density at radius 3 is 2.61 bits per heavy atom. The highest BCUT2D eigenvalue weighted by Crippen LogP contribution is 2.64. The largest absolute Gasteiger partial charge is 0.493 e. The molecule has 31 heavy (non-hydrogen) atoms. The lowest BCUT2D eigenvalue weighted by Crippen LogP contribution is -2.60. The Balaban J connectivity index is 1.40. The van der Waals surface area contributed by atoms with Gasteiger partial charge in [-0.05, 0) is 74.1 Å². The number of hydrogen-bond acceptors (Lipinski definition) is 5. The van der Waals surface area contributed by atoms with Crippen LogP contribution in [0.4, 0.5) is 14.5 Å². The molecule has 6 rings (SSSR count). The molecule has 0 radical (unpaired) electrons. The molecule has 4 aliphatic carbocycles. The van der Waals surface area contributed by atoms with Crippen molar-refractivity contribution in [3.8, 4) is 11.5 Å². The quantitative estimate of drug-likeness (QED) is 0.699. The van der Waals surface area contributed by atoms with Crippen LogP contribution in [0.25, 0.3) is 0 Å². The predicted octanol–water partition coefficient (Wildman–Crippen LogP) is 4.48. The number of ether oxygens (including phenoxy) is 2. The van der Waals surface area contributed by atoms with Crippen molar-refractivity contribution in [3.05, 3.63) is 29.8 Å². The van der Waals surface area contributed by atoms with Gasteiger partial charge in [0.2, 0.25) is 11.2 Å². The fraction of sp³-hybridized carbons (Fsp3) is 0.571. The van der Waals surface area contributed by atoms with Gasteiger partial charge in [-0.15, -0.1) is 5.10 Å². The van der Waals surface area contributed by atoms with Crippen molar-refractivity contribution in [3.63, 3.8) is 0 Å². The van der Waals surface area contributed by atoms with Crippen LogP contribution in [0.1, 0.15) is 38.5 Å². The standard InChI is InChI=1S/C21H23ClF2N4O3/c1-30-16-5-14(2-3-15(16)31-19(23)24)26-17(29)20-6-12-4-13(7-20)9-21(8-12,10-20)28-11-25-18(22)27-28/h2-3,5,11-13,19H,4,6-10H2,1H3,(H,26,29). The number of hydrogen-bond donors (Lipinski definition) is 1. The highest BCUT2D eigenvalue weighted by molar-refractivity contribution is 6.28. The fourth-order valence-corrected chi connectivity index (χ4v) is 6.55. The van der Waals surface area contributed by atoms with Crippen molar-refractivity contribution >= 4 is 23.2 Å².